The number of carbonyl (C=O) groups is 1. The number of nitrogens with one attached hydrogen (secondary N) is 1. The molecule has 5 nitrogen and oxygen atoms in total. The maximum absolute atomic E-state index is 11.5. The average molecular weight is 258 g/mol. The first-order chi connectivity index (χ1) is 9.28. The van der Waals surface area contributed by atoms with Crippen molar-refractivity contribution in [2.45, 2.75) is 13.2 Å². The van der Waals surface area contributed by atoms with Crippen LogP contribution in [0.3, 0.4) is 0 Å². The van der Waals surface area contributed by atoms with Gasteiger partial charge >= 0.3 is 6.09 Å². The molecule has 5 heteroatoms. The van der Waals surface area contributed by atoms with Gasteiger partial charge < -0.3 is 9.84 Å². The van der Waals surface area contributed by atoms with Crippen molar-refractivity contribution in [1.82, 2.24) is 4.98 Å². The third-order valence-corrected chi connectivity index (χ3v) is 2.45. The van der Waals surface area contributed by atoms with Crippen molar-refractivity contribution in [3.8, 4) is 0 Å². The van der Waals surface area contributed by atoms with E-state index in [9.17, 15) is 4.79 Å². The van der Waals surface area contributed by atoms with Crippen molar-refractivity contribution in [3.05, 3.63) is 59.9 Å². The van der Waals surface area contributed by atoms with E-state index in [1.807, 2.05) is 30.3 Å². The van der Waals surface area contributed by atoms with E-state index in [-0.39, 0.29) is 13.2 Å². The number of aliphatic hydroxyl groups is 1. The SMILES string of the molecule is O=C(Nc1ccc(CO)nc1)OCc1ccccc1. The molecule has 0 bridgehead atoms. The summed E-state index contributed by atoms with van der Waals surface area (Å²) in [4.78, 5) is 15.5. The average Bonchev–Trinajstić information content (AvgIpc) is 2.47. The van der Waals surface area contributed by atoms with Crippen LogP contribution >= 0.6 is 0 Å². The number of benzene rings is 1. The van der Waals surface area contributed by atoms with E-state index >= 15 is 0 Å². The van der Waals surface area contributed by atoms with E-state index in [1.54, 1.807) is 12.1 Å². The zero-order chi connectivity index (χ0) is 13.5. The van der Waals surface area contributed by atoms with Gasteiger partial charge in [0.1, 0.15) is 6.61 Å². The molecule has 0 atom stereocenters. The second-order valence-electron chi connectivity index (χ2n) is 3.88. The van der Waals surface area contributed by atoms with E-state index in [0.717, 1.165) is 5.56 Å². The lowest BCUT2D eigenvalue weighted by Crippen LogP contribution is -2.13. The molecule has 1 aromatic heterocycles. The van der Waals surface area contributed by atoms with Crippen molar-refractivity contribution in [2.75, 3.05) is 5.32 Å². The monoisotopic (exact) mass is 258 g/mol. The Bertz CT molecular complexity index is 526. The van der Waals surface area contributed by atoms with Gasteiger partial charge in [0.2, 0.25) is 0 Å². The molecule has 1 heterocycles. The summed E-state index contributed by atoms with van der Waals surface area (Å²) >= 11 is 0. The van der Waals surface area contributed by atoms with Gasteiger partial charge in [-0.15, -0.1) is 0 Å². The fourth-order valence-corrected chi connectivity index (χ4v) is 1.47. The lowest BCUT2D eigenvalue weighted by molar-refractivity contribution is 0.155. The molecule has 0 aliphatic rings. The van der Waals surface area contributed by atoms with Crippen LogP contribution in [0.1, 0.15) is 11.3 Å². The van der Waals surface area contributed by atoms with E-state index < -0.39 is 6.09 Å². The predicted octanol–water partition coefficient (Wildman–Crippen LogP) is 2.32. The van der Waals surface area contributed by atoms with Crippen molar-refractivity contribution in [1.29, 1.82) is 0 Å². The van der Waals surface area contributed by atoms with Gasteiger partial charge in [0.15, 0.2) is 0 Å². The Balaban J connectivity index is 1.83. The fourth-order valence-electron chi connectivity index (χ4n) is 1.47. The molecule has 2 N–H and O–H groups in total. The lowest BCUT2D eigenvalue weighted by atomic mass is 10.2. The van der Waals surface area contributed by atoms with Crippen LogP contribution < -0.4 is 5.32 Å². The van der Waals surface area contributed by atoms with Crippen molar-refractivity contribution in [3.63, 3.8) is 0 Å². The minimum atomic E-state index is -0.539. The Morgan fingerprint density at radius 1 is 1.21 bits per heavy atom. The number of amides is 1. The van der Waals surface area contributed by atoms with E-state index in [2.05, 4.69) is 10.3 Å². The summed E-state index contributed by atoms with van der Waals surface area (Å²) in [5, 5.41) is 11.4. The second-order valence-corrected chi connectivity index (χ2v) is 3.88. The molecule has 19 heavy (non-hydrogen) atoms. The zero-order valence-electron chi connectivity index (χ0n) is 10.2. The molecule has 0 radical (unpaired) electrons. The summed E-state index contributed by atoms with van der Waals surface area (Å²) in [6.45, 7) is 0.0908. The smallest absolute Gasteiger partial charge is 0.412 e. The third kappa shape index (κ3) is 4.08. The van der Waals surface area contributed by atoms with Crippen molar-refractivity contribution in [2.24, 2.45) is 0 Å². The molecule has 0 saturated heterocycles. The van der Waals surface area contributed by atoms with Gasteiger partial charge in [0.25, 0.3) is 0 Å². The first-order valence-corrected chi connectivity index (χ1v) is 5.81. The molecular weight excluding hydrogens is 244 g/mol. The van der Waals surface area contributed by atoms with Crippen LogP contribution in [0.25, 0.3) is 0 Å². The zero-order valence-corrected chi connectivity index (χ0v) is 10.2. The van der Waals surface area contributed by atoms with Crippen molar-refractivity contribution >= 4 is 11.8 Å². The van der Waals surface area contributed by atoms with Gasteiger partial charge in [0, 0.05) is 0 Å². The Hall–Kier alpha value is -2.40. The summed E-state index contributed by atoms with van der Waals surface area (Å²) in [5.41, 5.74) is 1.99. The molecule has 1 aromatic carbocycles. The summed E-state index contributed by atoms with van der Waals surface area (Å²) in [7, 11) is 0. The maximum atomic E-state index is 11.5. The van der Waals surface area contributed by atoms with Crippen molar-refractivity contribution < 1.29 is 14.6 Å². The number of hydrogen-bond acceptors (Lipinski definition) is 4. The number of nitrogens with zero attached hydrogens (tertiary/aromatic N) is 1. The number of aliphatic hydroxyl groups excluding tert-OH is 1. The Morgan fingerprint density at radius 3 is 2.63 bits per heavy atom. The molecule has 98 valence electrons. The van der Waals surface area contributed by atoms with Gasteiger partial charge in [-0.25, -0.2) is 4.79 Å². The van der Waals surface area contributed by atoms with E-state index in [1.165, 1.54) is 6.20 Å². The number of carbonyl (C=O) groups excluding carboxylic acids is 1. The van der Waals surface area contributed by atoms with E-state index in [4.69, 9.17) is 9.84 Å². The predicted molar refractivity (Wildman–Crippen MR) is 70.4 cm³/mol. The molecule has 0 saturated carbocycles. The molecule has 2 rings (SSSR count). The number of anilines is 1. The maximum Gasteiger partial charge on any atom is 0.412 e. The molecule has 1 amide bonds. The molecular formula is C14H14N2O3. The number of pyridine rings is 1. The summed E-state index contributed by atoms with van der Waals surface area (Å²) in [6.07, 6.45) is 0.928. The van der Waals surface area contributed by atoms with Crippen LogP contribution in [-0.2, 0) is 18.0 Å². The fraction of sp³-hybridized carbons (Fsp3) is 0.143. The van der Waals surface area contributed by atoms with Gasteiger partial charge in [-0.3, -0.25) is 10.3 Å². The van der Waals surface area contributed by atoms with Gasteiger partial charge in [-0.1, -0.05) is 30.3 Å². The number of rotatable bonds is 4. The van der Waals surface area contributed by atoms with Gasteiger partial charge in [0.05, 0.1) is 24.2 Å². The van der Waals surface area contributed by atoms with Crippen LogP contribution in [0.2, 0.25) is 0 Å². The second kappa shape index (κ2) is 6.51. The minimum absolute atomic E-state index is 0.126. The Morgan fingerprint density at radius 2 is 2.00 bits per heavy atom. The largest absolute Gasteiger partial charge is 0.444 e. The normalized spacial score (nSPS) is 9.95. The van der Waals surface area contributed by atoms with Gasteiger partial charge in [-0.2, -0.15) is 0 Å². The third-order valence-electron chi connectivity index (χ3n) is 2.45. The topological polar surface area (TPSA) is 71.5 Å². The van der Waals surface area contributed by atoms with Crippen LogP contribution in [0.4, 0.5) is 10.5 Å². The Labute approximate surface area is 110 Å². The number of hydrogen-bond donors (Lipinski definition) is 2. The van der Waals surface area contributed by atoms with E-state index in [0.29, 0.717) is 11.4 Å². The Kier molecular flexibility index (Phi) is 4.47. The van der Waals surface area contributed by atoms with Crippen LogP contribution in [0.15, 0.2) is 48.7 Å². The highest BCUT2D eigenvalue weighted by Crippen LogP contribution is 2.07. The molecule has 0 aliphatic heterocycles. The molecule has 0 unspecified atom stereocenters. The molecule has 2 aromatic rings. The van der Waals surface area contributed by atoms with Crippen LogP contribution in [0.5, 0.6) is 0 Å². The highest BCUT2D eigenvalue weighted by molar-refractivity contribution is 5.84. The standard InChI is InChI=1S/C14H14N2O3/c17-9-13-7-6-12(8-15-13)16-14(18)19-10-11-4-2-1-3-5-11/h1-8,17H,9-10H2,(H,16,18). The first kappa shape index (κ1) is 13.0. The summed E-state index contributed by atoms with van der Waals surface area (Å²) < 4.78 is 5.06. The number of aromatic nitrogens is 1. The summed E-state index contributed by atoms with van der Waals surface area (Å²) in [5.74, 6) is 0. The lowest BCUT2D eigenvalue weighted by Gasteiger charge is -2.07. The van der Waals surface area contributed by atoms with Gasteiger partial charge in [-0.05, 0) is 17.7 Å². The molecule has 0 aliphatic carbocycles. The quantitative estimate of drug-likeness (QED) is 0.882. The minimum Gasteiger partial charge on any atom is -0.444 e. The first-order valence-electron chi connectivity index (χ1n) is 5.81. The highest BCUT2D eigenvalue weighted by Gasteiger charge is 2.04. The molecule has 0 spiro atoms. The molecule has 0 fully saturated rings. The van der Waals surface area contributed by atoms with Crippen LogP contribution in [-0.4, -0.2) is 16.2 Å². The highest BCUT2D eigenvalue weighted by atomic mass is 16.5. The summed E-state index contributed by atoms with van der Waals surface area (Å²) in [6, 6.07) is 12.7. The number of ether oxygens (including phenoxy) is 1. The van der Waals surface area contributed by atoms with Crippen LogP contribution in [0, 0.1) is 0 Å².